The van der Waals surface area contributed by atoms with E-state index in [0.717, 1.165) is 24.9 Å². The van der Waals surface area contributed by atoms with Gasteiger partial charge in [0.05, 0.1) is 10.0 Å². The van der Waals surface area contributed by atoms with Crippen molar-refractivity contribution in [1.82, 2.24) is 0 Å². The molecule has 0 saturated heterocycles. The first-order valence-corrected chi connectivity index (χ1v) is 7.69. The number of para-hydroxylation sites is 1. The van der Waals surface area contributed by atoms with Crippen molar-refractivity contribution >= 4 is 28.9 Å². The van der Waals surface area contributed by atoms with Crippen LogP contribution in [0.2, 0.25) is 10.0 Å². The van der Waals surface area contributed by atoms with Crippen molar-refractivity contribution < 1.29 is 0 Å². The Kier molecular flexibility index (Phi) is 5.33. The Balaban J connectivity index is 2.19. The second-order valence-electron chi connectivity index (χ2n) is 4.76. The summed E-state index contributed by atoms with van der Waals surface area (Å²) in [6.07, 6.45) is 2.05. The molecule has 2 rings (SSSR count). The average Bonchev–Trinajstić information content (AvgIpc) is 2.48. The first-order valence-electron chi connectivity index (χ1n) is 6.94. The Bertz CT molecular complexity index is 571. The van der Waals surface area contributed by atoms with E-state index >= 15 is 0 Å². The normalized spacial score (nSPS) is 10.6. The monoisotopic (exact) mass is 307 g/mol. The van der Waals surface area contributed by atoms with Crippen molar-refractivity contribution in [2.45, 2.75) is 33.2 Å². The maximum absolute atomic E-state index is 6.05. The molecule has 0 amide bonds. The van der Waals surface area contributed by atoms with E-state index in [1.54, 1.807) is 0 Å². The zero-order valence-corrected chi connectivity index (χ0v) is 13.4. The van der Waals surface area contributed by atoms with Crippen LogP contribution in [-0.2, 0) is 19.4 Å². The van der Waals surface area contributed by atoms with Gasteiger partial charge in [0.15, 0.2) is 0 Å². The molecule has 0 spiro atoms. The number of benzene rings is 2. The Labute approximate surface area is 130 Å². The van der Waals surface area contributed by atoms with Crippen molar-refractivity contribution in [3.8, 4) is 0 Å². The highest BCUT2D eigenvalue weighted by Gasteiger charge is 2.06. The van der Waals surface area contributed by atoms with Gasteiger partial charge in [-0.1, -0.05) is 61.3 Å². The molecule has 0 bridgehead atoms. The van der Waals surface area contributed by atoms with Crippen molar-refractivity contribution in [3.05, 3.63) is 63.1 Å². The highest BCUT2D eigenvalue weighted by atomic mass is 35.5. The highest BCUT2D eigenvalue weighted by molar-refractivity contribution is 6.42. The van der Waals surface area contributed by atoms with E-state index in [0.29, 0.717) is 10.0 Å². The van der Waals surface area contributed by atoms with Gasteiger partial charge in [-0.2, -0.15) is 0 Å². The van der Waals surface area contributed by atoms with Crippen LogP contribution in [0.4, 0.5) is 5.69 Å². The maximum atomic E-state index is 6.05. The third-order valence-electron chi connectivity index (χ3n) is 3.45. The van der Waals surface area contributed by atoms with Gasteiger partial charge >= 0.3 is 0 Å². The minimum absolute atomic E-state index is 0.596. The smallest absolute Gasteiger partial charge is 0.0595 e. The number of nitrogens with one attached hydrogen (secondary N) is 1. The third kappa shape index (κ3) is 3.47. The molecule has 0 fully saturated rings. The summed E-state index contributed by atoms with van der Waals surface area (Å²) in [7, 11) is 0. The molecule has 2 aromatic rings. The van der Waals surface area contributed by atoms with Crippen LogP contribution in [0.5, 0.6) is 0 Å². The molecule has 0 heterocycles. The van der Waals surface area contributed by atoms with Crippen LogP contribution in [0.3, 0.4) is 0 Å². The number of halogens is 2. The van der Waals surface area contributed by atoms with E-state index in [9.17, 15) is 0 Å². The molecule has 1 nitrogen and oxygen atoms in total. The summed E-state index contributed by atoms with van der Waals surface area (Å²) >= 11 is 12.0. The Morgan fingerprint density at radius 3 is 2.10 bits per heavy atom. The summed E-state index contributed by atoms with van der Waals surface area (Å²) in [6, 6.07) is 12.2. The van der Waals surface area contributed by atoms with E-state index in [-0.39, 0.29) is 0 Å². The summed E-state index contributed by atoms with van der Waals surface area (Å²) in [5, 5.41) is 4.74. The molecule has 0 aliphatic heterocycles. The number of hydrogen-bond donors (Lipinski definition) is 1. The van der Waals surface area contributed by atoms with Gasteiger partial charge in [0.2, 0.25) is 0 Å². The molecule has 20 heavy (non-hydrogen) atoms. The van der Waals surface area contributed by atoms with Crippen molar-refractivity contribution in [2.75, 3.05) is 5.32 Å². The van der Waals surface area contributed by atoms with Gasteiger partial charge in [0.25, 0.3) is 0 Å². The van der Waals surface area contributed by atoms with E-state index in [2.05, 4.69) is 37.4 Å². The topological polar surface area (TPSA) is 12.0 Å². The van der Waals surface area contributed by atoms with Crippen LogP contribution < -0.4 is 5.32 Å². The summed E-state index contributed by atoms with van der Waals surface area (Å²) in [4.78, 5) is 0. The van der Waals surface area contributed by atoms with E-state index in [4.69, 9.17) is 23.2 Å². The molecule has 0 atom stereocenters. The molecular weight excluding hydrogens is 289 g/mol. The first kappa shape index (κ1) is 15.2. The fourth-order valence-corrected chi connectivity index (χ4v) is 2.63. The zero-order chi connectivity index (χ0) is 14.5. The molecule has 0 saturated carbocycles. The van der Waals surface area contributed by atoms with Crippen molar-refractivity contribution in [1.29, 1.82) is 0 Å². The molecule has 106 valence electrons. The molecule has 2 aromatic carbocycles. The summed E-state index contributed by atoms with van der Waals surface area (Å²) in [5.41, 5.74) is 5.09. The van der Waals surface area contributed by atoms with Crippen LogP contribution in [0.25, 0.3) is 0 Å². The second kappa shape index (κ2) is 7.01. The van der Waals surface area contributed by atoms with E-state index < -0.39 is 0 Å². The Morgan fingerprint density at radius 2 is 1.55 bits per heavy atom. The lowest BCUT2D eigenvalue weighted by Crippen LogP contribution is -2.05. The lowest BCUT2D eigenvalue weighted by atomic mass is 10.0. The van der Waals surface area contributed by atoms with Gasteiger partial charge < -0.3 is 5.32 Å². The van der Waals surface area contributed by atoms with Crippen LogP contribution in [0, 0.1) is 0 Å². The first-order chi connectivity index (χ1) is 9.65. The molecule has 0 aromatic heterocycles. The molecule has 1 N–H and O–H groups in total. The summed E-state index contributed by atoms with van der Waals surface area (Å²) in [6.45, 7) is 5.11. The molecule has 3 heteroatoms. The van der Waals surface area contributed by atoms with Gasteiger partial charge in [-0.05, 0) is 41.7 Å². The zero-order valence-electron chi connectivity index (χ0n) is 11.8. The van der Waals surface area contributed by atoms with Crippen LogP contribution >= 0.6 is 23.2 Å². The predicted octanol–water partition coefficient (Wildman–Crippen LogP) is 5.73. The van der Waals surface area contributed by atoms with Crippen molar-refractivity contribution in [3.63, 3.8) is 0 Å². The van der Waals surface area contributed by atoms with Gasteiger partial charge in [0.1, 0.15) is 0 Å². The summed E-state index contributed by atoms with van der Waals surface area (Å²) in [5.74, 6) is 0. The molecule has 0 radical (unpaired) electrons. The third-order valence-corrected chi connectivity index (χ3v) is 4.19. The number of aryl methyl sites for hydroxylation is 2. The lowest BCUT2D eigenvalue weighted by molar-refractivity contribution is 1.05. The van der Waals surface area contributed by atoms with Crippen LogP contribution in [-0.4, -0.2) is 0 Å². The number of hydrogen-bond acceptors (Lipinski definition) is 1. The standard InChI is InChI=1S/C17H19Cl2N/c1-3-13-6-5-7-14(4-2)17(13)20-11-12-8-9-15(18)16(19)10-12/h5-10,20H,3-4,11H2,1-2H3. The SMILES string of the molecule is CCc1cccc(CC)c1NCc1ccc(Cl)c(Cl)c1. The van der Waals surface area contributed by atoms with Gasteiger partial charge in [-0.15, -0.1) is 0 Å². The number of anilines is 1. The molecule has 0 aliphatic carbocycles. The minimum atomic E-state index is 0.596. The molecular formula is C17H19Cl2N. The second-order valence-corrected chi connectivity index (χ2v) is 5.57. The largest absolute Gasteiger partial charge is 0.381 e. The predicted molar refractivity (Wildman–Crippen MR) is 89.0 cm³/mol. The number of rotatable bonds is 5. The molecule has 0 unspecified atom stereocenters. The maximum Gasteiger partial charge on any atom is 0.0595 e. The fourth-order valence-electron chi connectivity index (χ4n) is 2.31. The summed E-state index contributed by atoms with van der Waals surface area (Å²) < 4.78 is 0. The Hall–Kier alpha value is -1.18. The Morgan fingerprint density at radius 1 is 0.900 bits per heavy atom. The van der Waals surface area contributed by atoms with E-state index in [1.165, 1.54) is 16.8 Å². The molecule has 0 aliphatic rings. The quantitative estimate of drug-likeness (QED) is 0.743. The van der Waals surface area contributed by atoms with Crippen LogP contribution in [0.15, 0.2) is 36.4 Å². The lowest BCUT2D eigenvalue weighted by Gasteiger charge is -2.15. The average molecular weight is 308 g/mol. The highest BCUT2D eigenvalue weighted by Crippen LogP contribution is 2.25. The minimum Gasteiger partial charge on any atom is -0.381 e. The van der Waals surface area contributed by atoms with E-state index in [1.807, 2.05) is 18.2 Å². The van der Waals surface area contributed by atoms with Crippen molar-refractivity contribution in [2.24, 2.45) is 0 Å². The fraction of sp³-hybridized carbons (Fsp3) is 0.294. The van der Waals surface area contributed by atoms with Gasteiger partial charge in [-0.3, -0.25) is 0 Å². The van der Waals surface area contributed by atoms with Gasteiger partial charge in [-0.25, -0.2) is 0 Å². The van der Waals surface area contributed by atoms with Crippen LogP contribution in [0.1, 0.15) is 30.5 Å². The van der Waals surface area contributed by atoms with Gasteiger partial charge in [0, 0.05) is 12.2 Å².